The van der Waals surface area contributed by atoms with Crippen molar-refractivity contribution in [2.75, 3.05) is 30.3 Å². The number of hydrogen-bond donors (Lipinski definition) is 1. The van der Waals surface area contributed by atoms with Gasteiger partial charge in [-0.25, -0.2) is 8.70 Å². The number of hydrogen-bond acceptors (Lipinski definition) is 4. The minimum absolute atomic E-state index is 0.0946. The van der Waals surface area contributed by atoms with Gasteiger partial charge in [-0.05, 0) is 50.2 Å². The Morgan fingerprint density at radius 1 is 1.11 bits per heavy atom. The van der Waals surface area contributed by atoms with Gasteiger partial charge in [0.15, 0.2) is 0 Å². The third kappa shape index (κ3) is 5.43. The average Bonchev–Trinajstić information content (AvgIpc) is 2.61. The van der Waals surface area contributed by atoms with Gasteiger partial charge < -0.3 is 10.1 Å². The first-order chi connectivity index (χ1) is 13.1. The molecule has 28 heavy (non-hydrogen) atoms. The standard InChI is InChI=1S/C19H24FN3O4S/c1-14(2)27-18-8-6-5-7-17(18)21-19(24)13-23(28(25,26)22(3)4)16-11-9-15(20)10-12-16/h5-12,14H,13H2,1-4H3,(H,21,24). The lowest BCUT2D eigenvalue weighted by molar-refractivity contribution is -0.114. The number of rotatable bonds is 8. The molecule has 1 N–H and O–H groups in total. The number of amides is 1. The lowest BCUT2D eigenvalue weighted by Crippen LogP contribution is -2.44. The van der Waals surface area contributed by atoms with Gasteiger partial charge in [-0.1, -0.05) is 12.1 Å². The molecule has 0 aliphatic carbocycles. The number of benzene rings is 2. The van der Waals surface area contributed by atoms with E-state index in [9.17, 15) is 17.6 Å². The van der Waals surface area contributed by atoms with Gasteiger partial charge in [-0.2, -0.15) is 12.7 Å². The van der Waals surface area contributed by atoms with Gasteiger partial charge in [0.25, 0.3) is 0 Å². The SMILES string of the molecule is CC(C)Oc1ccccc1NC(=O)CN(c1ccc(F)cc1)S(=O)(=O)N(C)C. The van der Waals surface area contributed by atoms with E-state index in [2.05, 4.69) is 5.32 Å². The zero-order chi connectivity index (χ0) is 20.9. The summed E-state index contributed by atoms with van der Waals surface area (Å²) < 4.78 is 46.1. The summed E-state index contributed by atoms with van der Waals surface area (Å²) in [5.41, 5.74) is 0.611. The number of ether oxygens (including phenoxy) is 1. The van der Waals surface area contributed by atoms with Crippen LogP contribution >= 0.6 is 0 Å². The Morgan fingerprint density at radius 2 is 1.71 bits per heavy atom. The van der Waals surface area contributed by atoms with Crippen LogP contribution in [0.1, 0.15) is 13.8 Å². The highest BCUT2D eigenvalue weighted by molar-refractivity contribution is 7.90. The highest BCUT2D eigenvalue weighted by Crippen LogP contribution is 2.25. The van der Waals surface area contributed by atoms with Crippen LogP contribution < -0.4 is 14.4 Å². The van der Waals surface area contributed by atoms with Crippen LogP contribution in [-0.2, 0) is 15.0 Å². The molecule has 0 atom stereocenters. The van der Waals surface area contributed by atoms with Crippen molar-refractivity contribution in [1.82, 2.24) is 4.31 Å². The summed E-state index contributed by atoms with van der Waals surface area (Å²) >= 11 is 0. The normalized spacial score (nSPS) is 11.5. The van der Waals surface area contributed by atoms with E-state index in [1.54, 1.807) is 24.3 Å². The van der Waals surface area contributed by atoms with Crippen molar-refractivity contribution in [3.63, 3.8) is 0 Å². The maximum atomic E-state index is 13.2. The second-order valence-corrected chi connectivity index (χ2v) is 8.55. The van der Waals surface area contributed by atoms with Gasteiger partial charge in [0.05, 0.1) is 17.5 Å². The molecule has 0 spiro atoms. The monoisotopic (exact) mass is 409 g/mol. The fraction of sp³-hybridized carbons (Fsp3) is 0.316. The number of para-hydroxylation sites is 2. The van der Waals surface area contributed by atoms with Crippen LogP contribution in [-0.4, -0.2) is 45.4 Å². The quantitative estimate of drug-likeness (QED) is 0.727. The topological polar surface area (TPSA) is 79.0 Å². The van der Waals surface area contributed by atoms with Crippen LogP contribution in [0.5, 0.6) is 5.75 Å². The van der Waals surface area contributed by atoms with Gasteiger partial charge in [-0.15, -0.1) is 0 Å². The summed E-state index contributed by atoms with van der Waals surface area (Å²) in [6, 6.07) is 11.8. The molecule has 152 valence electrons. The summed E-state index contributed by atoms with van der Waals surface area (Å²) in [5, 5.41) is 2.68. The second-order valence-electron chi connectivity index (χ2n) is 6.48. The van der Waals surface area contributed by atoms with Crippen molar-refractivity contribution >= 4 is 27.5 Å². The zero-order valence-electron chi connectivity index (χ0n) is 16.2. The Hall–Kier alpha value is -2.65. The minimum atomic E-state index is -3.97. The van der Waals surface area contributed by atoms with Crippen molar-refractivity contribution in [2.24, 2.45) is 0 Å². The van der Waals surface area contributed by atoms with E-state index in [1.165, 1.54) is 26.2 Å². The van der Waals surface area contributed by atoms with E-state index in [1.807, 2.05) is 13.8 Å². The van der Waals surface area contributed by atoms with E-state index in [0.29, 0.717) is 11.4 Å². The maximum absolute atomic E-state index is 13.2. The molecule has 0 saturated carbocycles. The summed E-state index contributed by atoms with van der Waals surface area (Å²) in [5.74, 6) is -0.584. The second kappa shape index (κ2) is 9.03. The van der Waals surface area contributed by atoms with Crippen LogP contribution in [0.25, 0.3) is 0 Å². The van der Waals surface area contributed by atoms with Crippen LogP contribution in [0.4, 0.5) is 15.8 Å². The fourth-order valence-electron chi connectivity index (χ4n) is 2.36. The van der Waals surface area contributed by atoms with Crippen molar-refractivity contribution in [3.8, 4) is 5.75 Å². The van der Waals surface area contributed by atoms with Crippen LogP contribution in [0, 0.1) is 5.82 Å². The lowest BCUT2D eigenvalue weighted by Gasteiger charge is -2.27. The van der Waals surface area contributed by atoms with Crippen LogP contribution in [0.2, 0.25) is 0 Å². The largest absolute Gasteiger partial charge is 0.489 e. The fourth-order valence-corrected chi connectivity index (χ4v) is 3.42. The average molecular weight is 409 g/mol. The maximum Gasteiger partial charge on any atom is 0.304 e. The Bertz CT molecular complexity index is 915. The van der Waals surface area contributed by atoms with Crippen molar-refractivity contribution in [3.05, 3.63) is 54.3 Å². The first-order valence-electron chi connectivity index (χ1n) is 8.62. The Morgan fingerprint density at radius 3 is 2.29 bits per heavy atom. The summed E-state index contributed by atoms with van der Waals surface area (Å²) in [6.45, 7) is 3.24. The molecule has 2 aromatic carbocycles. The Balaban J connectivity index is 2.28. The molecule has 1 amide bonds. The molecule has 0 saturated heterocycles. The molecule has 0 aliphatic rings. The smallest absolute Gasteiger partial charge is 0.304 e. The van der Waals surface area contributed by atoms with Gasteiger partial charge >= 0.3 is 10.2 Å². The molecule has 0 unspecified atom stereocenters. The number of carbonyl (C=O) groups excluding carboxylic acids is 1. The Labute approximate surface area is 164 Å². The number of nitrogens with zero attached hydrogens (tertiary/aromatic N) is 2. The van der Waals surface area contributed by atoms with Crippen molar-refractivity contribution < 1.29 is 22.3 Å². The van der Waals surface area contributed by atoms with Crippen molar-refractivity contribution in [2.45, 2.75) is 20.0 Å². The third-order valence-corrected chi connectivity index (χ3v) is 5.49. The molecule has 0 fully saturated rings. The molecule has 7 nitrogen and oxygen atoms in total. The first kappa shape index (κ1) is 21.6. The molecule has 2 aromatic rings. The lowest BCUT2D eigenvalue weighted by atomic mass is 10.2. The molecule has 9 heteroatoms. The molecule has 0 aromatic heterocycles. The molecule has 0 aliphatic heterocycles. The number of carbonyl (C=O) groups is 1. The summed E-state index contributed by atoms with van der Waals surface area (Å²) in [7, 11) is -1.26. The molecule has 0 bridgehead atoms. The number of anilines is 2. The predicted octanol–water partition coefficient (Wildman–Crippen LogP) is 2.86. The van der Waals surface area contributed by atoms with Crippen molar-refractivity contribution in [1.29, 1.82) is 0 Å². The van der Waals surface area contributed by atoms with E-state index < -0.39 is 28.5 Å². The van der Waals surface area contributed by atoms with E-state index in [-0.39, 0.29) is 11.8 Å². The zero-order valence-corrected chi connectivity index (χ0v) is 17.0. The van der Waals surface area contributed by atoms with Gasteiger partial charge in [0.1, 0.15) is 18.1 Å². The molecular formula is C19H24FN3O4S. The Kier molecular flexibility index (Phi) is 6.98. The van der Waals surface area contributed by atoms with E-state index >= 15 is 0 Å². The van der Waals surface area contributed by atoms with Gasteiger partial charge in [0, 0.05) is 14.1 Å². The third-order valence-electron chi connectivity index (χ3n) is 3.67. The van der Waals surface area contributed by atoms with Crippen LogP contribution in [0.3, 0.4) is 0 Å². The summed E-state index contributed by atoms with van der Waals surface area (Å²) in [4.78, 5) is 12.6. The number of nitrogens with one attached hydrogen (secondary N) is 1. The predicted molar refractivity (Wildman–Crippen MR) is 107 cm³/mol. The summed E-state index contributed by atoms with van der Waals surface area (Å²) in [6.07, 6.45) is -0.0946. The van der Waals surface area contributed by atoms with Crippen LogP contribution in [0.15, 0.2) is 48.5 Å². The molecular weight excluding hydrogens is 385 g/mol. The number of halogens is 1. The molecule has 2 rings (SSSR count). The van der Waals surface area contributed by atoms with E-state index in [4.69, 9.17) is 4.74 Å². The highest BCUT2D eigenvalue weighted by Gasteiger charge is 2.27. The highest BCUT2D eigenvalue weighted by atomic mass is 32.2. The van der Waals surface area contributed by atoms with Gasteiger partial charge in [-0.3, -0.25) is 4.79 Å². The molecule has 0 radical (unpaired) electrons. The minimum Gasteiger partial charge on any atom is -0.489 e. The van der Waals surface area contributed by atoms with Gasteiger partial charge in [0.2, 0.25) is 5.91 Å². The first-order valence-corrected chi connectivity index (χ1v) is 10.0. The molecule has 0 heterocycles. The van der Waals surface area contributed by atoms with E-state index in [0.717, 1.165) is 20.7 Å².